The van der Waals surface area contributed by atoms with E-state index in [1.807, 2.05) is 11.5 Å². The molecule has 0 fully saturated rings. The maximum atomic E-state index is 13.2. The Kier molecular flexibility index (Phi) is 4.86. The molecule has 1 aromatic carbocycles. The second-order valence-corrected chi connectivity index (χ2v) is 6.83. The highest BCUT2D eigenvalue weighted by molar-refractivity contribution is 6.00. The summed E-state index contributed by atoms with van der Waals surface area (Å²) in [5, 5.41) is 4.07. The van der Waals surface area contributed by atoms with Crippen LogP contribution in [0.4, 0.5) is 4.39 Å². The van der Waals surface area contributed by atoms with Crippen molar-refractivity contribution in [1.29, 1.82) is 0 Å². The van der Waals surface area contributed by atoms with Crippen LogP contribution in [0.5, 0.6) is 0 Å². The topological polar surface area (TPSA) is 91.4 Å². The molecule has 152 valence electrons. The van der Waals surface area contributed by atoms with Crippen molar-refractivity contribution in [3.63, 3.8) is 0 Å². The molecular formula is C21H18FN5O3. The first-order valence-electron chi connectivity index (χ1n) is 9.18. The summed E-state index contributed by atoms with van der Waals surface area (Å²) in [6, 6.07) is 9.43. The second-order valence-electron chi connectivity index (χ2n) is 6.83. The van der Waals surface area contributed by atoms with Gasteiger partial charge in [-0.2, -0.15) is 4.98 Å². The summed E-state index contributed by atoms with van der Waals surface area (Å²) in [5.74, 6) is -1.39. The van der Waals surface area contributed by atoms with Crippen LogP contribution in [0, 0.1) is 26.6 Å². The highest BCUT2D eigenvalue weighted by atomic mass is 19.1. The molecule has 30 heavy (non-hydrogen) atoms. The lowest BCUT2D eigenvalue weighted by atomic mass is 10.1. The summed E-state index contributed by atoms with van der Waals surface area (Å²) in [5.41, 5.74) is 3.39. The third-order valence-corrected chi connectivity index (χ3v) is 4.76. The Labute approximate surface area is 171 Å². The van der Waals surface area contributed by atoms with Crippen LogP contribution in [0.2, 0.25) is 0 Å². The number of aromatic nitrogens is 5. The summed E-state index contributed by atoms with van der Waals surface area (Å²) < 4.78 is 21.6. The van der Waals surface area contributed by atoms with Crippen molar-refractivity contribution in [3.05, 3.63) is 76.9 Å². The van der Waals surface area contributed by atoms with Crippen molar-refractivity contribution >= 4 is 17.5 Å². The largest absolute Gasteiger partial charge is 0.451 e. The maximum absolute atomic E-state index is 13.2. The van der Waals surface area contributed by atoms with Gasteiger partial charge >= 0.3 is 5.97 Å². The first-order chi connectivity index (χ1) is 14.3. The highest BCUT2D eigenvalue weighted by Crippen LogP contribution is 2.21. The van der Waals surface area contributed by atoms with Crippen molar-refractivity contribution in [2.45, 2.75) is 20.8 Å². The third-order valence-electron chi connectivity index (χ3n) is 4.76. The Morgan fingerprint density at radius 3 is 2.50 bits per heavy atom. The lowest BCUT2D eigenvalue weighted by Crippen LogP contribution is -2.16. The number of Topliss-reactive ketones (excluding diaryl/α,β-unsaturated/α-hetero) is 1. The smallest absolute Gasteiger partial charge is 0.378 e. The third kappa shape index (κ3) is 3.45. The summed E-state index contributed by atoms with van der Waals surface area (Å²) in [4.78, 5) is 33.0. The van der Waals surface area contributed by atoms with Crippen molar-refractivity contribution in [3.8, 4) is 5.69 Å². The van der Waals surface area contributed by atoms with E-state index in [2.05, 4.69) is 15.1 Å². The predicted octanol–water partition coefficient (Wildman–Crippen LogP) is 3.02. The van der Waals surface area contributed by atoms with E-state index in [4.69, 9.17) is 4.74 Å². The van der Waals surface area contributed by atoms with Crippen LogP contribution in [-0.4, -0.2) is 42.5 Å². The zero-order valence-corrected chi connectivity index (χ0v) is 16.6. The van der Waals surface area contributed by atoms with Crippen LogP contribution in [0.1, 0.15) is 38.1 Å². The average molecular weight is 407 g/mol. The molecule has 0 bridgehead atoms. The second kappa shape index (κ2) is 7.51. The van der Waals surface area contributed by atoms with Gasteiger partial charge in [-0.25, -0.2) is 18.7 Å². The molecule has 0 amide bonds. The van der Waals surface area contributed by atoms with Crippen LogP contribution in [0.25, 0.3) is 11.5 Å². The molecule has 0 radical (unpaired) electrons. The first kappa shape index (κ1) is 19.4. The summed E-state index contributed by atoms with van der Waals surface area (Å²) in [7, 11) is 0. The van der Waals surface area contributed by atoms with Gasteiger partial charge in [0.1, 0.15) is 5.82 Å². The number of hydrogen-bond acceptors (Lipinski definition) is 6. The molecule has 3 aromatic heterocycles. The molecule has 0 saturated carbocycles. The minimum absolute atomic E-state index is 0.165. The van der Waals surface area contributed by atoms with Crippen molar-refractivity contribution < 1.29 is 18.7 Å². The summed E-state index contributed by atoms with van der Waals surface area (Å²) in [6.07, 6.45) is 1.56. The van der Waals surface area contributed by atoms with Gasteiger partial charge in [-0.3, -0.25) is 4.79 Å². The molecule has 8 nitrogen and oxygen atoms in total. The van der Waals surface area contributed by atoms with E-state index in [0.29, 0.717) is 11.3 Å². The summed E-state index contributed by atoms with van der Waals surface area (Å²) >= 11 is 0. The van der Waals surface area contributed by atoms with Gasteiger partial charge in [0.2, 0.25) is 5.78 Å². The van der Waals surface area contributed by atoms with E-state index < -0.39 is 12.6 Å². The number of carbonyl (C=O) groups is 2. The number of rotatable bonds is 5. The number of halogens is 1. The van der Waals surface area contributed by atoms with Crippen LogP contribution < -0.4 is 0 Å². The van der Waals surface area contributed by atoms with Crippen molar-refractivity contribution in [2.75, 3.05) is 6.61 Å². The van der Waals surface area contributed by atoms with Gasteiger partial charge < -0.3 is 9.30 Å². The molecule has 0 aliphatic heterocycles. The van der Waals surface area contributed by atoms with Gasteiger partial charge in [-0.1, -0.05) is 0 Å². The zero-order valence-electron chi connectivity index (χ0n) is 16.6. The normalized spacial score (nSPS) is 11.1. The van der Waals surface area contributed by atoms with Gasteiger partial charge in [0.25, 0.3) is 11.6 Å². The van der Waals surface area contributed by atoms with Crippen molar-refractivity contribution in [2.24, 2.45) is 0 Å². The van der Waals surface area contributed by atoms with Gasteiger partial charge in [0.15, 0.2) is 6.61 Å². The molecule has 9 heteroatoms. The molecular weight excluding hydrogens is 389 g/mol. The molecule has 0 aliphatic rings. The predicted molar refractivity (Wildman–Crippen MR) is 105 cm³/mol. The number of ether oxygens (including phenoxy) is 1. The van der Waals surface area contributed by atoms with Gasteiger partial charge in [-0.05, 0) is 57.2 Å². The van der Waals surface area contributed by atoms with E-state index in [0.717, 1.165) is 17.1 Å². The number of hydrogen-bond donors (Lipinski definition) is 0. The Balaban J connectivity index is 1.51. The number of fused-ring (bicyclic) bond motifs is 1. The maximum Gasteiger partial charge on any atom is 0.378 e. The first-order valence-corrected chi connectivity index (χ1v) is 9.18. The molecule has 0 saturated heterocycles. The zero-order chi connectivity index (χ0) is 21.4. The van der Waals surface area contributed by atoms with E-state index in [9.17, 15) is 14.0 Å². The molecule has 0 spiro atoms. The van der Waals surface area contributed by atoms with Crippen LogP contribution in [0.15, 0.2) is 42.6 Å². The number of ketones is 1. The molecule has 4 aromatic rings. The molecule has 0 N–H and O–H groups in total. The SMILES string of the molecule is Cc1cc(C(=O)COC(=O)c2nc3nccc(C)n3n2)c(C)n1-c1ccc(F)cc1. The average Bonchev–Trinajstić information content (AvgIpc) is 3.29. The Hall–Kier alpha value is -3.88. The van der Waals surface area contributed by atoms with Crippen LogP contribution in [-0.2, 0) is 4.74 Å². The Morgan fingerprint density at radius 1 is 1.07 bits per heavy atom. The fourth-order valence-electron chi connectivity index (χ4n) is 3.30. The van der Waals surface area contributed by atoms with E-state index in [1.165, 1.54) is 16.6 Å². The summed E-state index contributed by atoms with van der Waals surface area (Å²) in [6.45, 7) is 4.98. The van der Waals surface area contributed by atoms with E-state index >= 15 is 0 Å². The number of nitrogens with zero attached hydrogens (tertiary/aromatic N) is 5. The Morgan fingerprint density at radius 2 is 1.80 bits per heavy atom. The monoisotopic (exact) mass is 407 g/mol. The number of carbonyl (C=O) groups excluding carboxylic acids is 2. The fourth-order valence-corrected chi connectivity index (χ4v) is 3.30. The van der Waals surface area contributed by atoms with Crippen LogP contribution in [0.3, 0.4) is 0 Å². The fraction of sp³-hybridized carbons (Fsp3) is 0.190. The van der Waals surface area contributed by atoms with E-state index in [1.54, 1.807) is 44.3 Å². The van der Waals surface area contributed by atoms with Gasteiger partial charge in [0.05, 0.1) is 0 Å². The minimum Gasteiger partial charge on any atom is -0.451 e. The highest BCUT2D eigenvalue weighted by Gasteiger charge is 2.21. The Bertz CT molecular complexity index is 1270. The van der Waals surface area contributed by atoms with E-state index in [-0.39, 0.29) is 23.2 Å². The quantitative estimate of drug-likeness (QED) is 0.373. The van der Waals surface area contributed by atoms with Gasteiger partial charge in [-0.15, -0.1) is 5.10 Å². The van der Waals surface area contributed by atoms with Crippen LogP contribution >= 0.6 is 0 Å². The lowest BCUT2D eigenvalue weighted by molar-refractivity contribution is 0.0462. The molecule has 4 rings (SSSR count). The van der Waals surface area contributed by atoms with Crippen molar-refractivity contribution in [1.82, 2.24) is 24.1 Å². The molecule has 3 heterocycles. The molecule has 0 aliphatic carbocycles. The number of benzene rings is 1. The molecule has 0 unspecified atom stereocenters. The standard InChI is InChI=1S/C21H18FN5O3/c1-12-8-9-23-21-24-19(25-27(12)21)20(29)30-11-18(28)17-10-13(2)26(14(17)3)16-6-4-15(22)5-7-16/h4-10H,11H2,1-3H3. The minimum atomic E-state index is -0.805. The molecule has 0 atom stereocenters. The lowest BCUT2D eigenvalue weighted by Gasteiger charge is -2.09. The number of aryl methyl sites for hydroxylation is 2. The van der Waals surface area contributed by atoms with Gasteiger partial charge in [0, 0.05) is 34.5 Å². The number of esters is 1.